The average molecular weight is 146 g/mol. The molecule has 0 aromatic rings. The average Bonchev–Trinajstić information content (AvgIpc) is 1.97. The zero-order valence-corrected chi connectivity index (χ0v) is 6.94. The fourth-order valence-electron chi connectivity index (χ4n) is 0.680. The highest BCUT2D eigenvalue weighted by Gasteiger charge is 1.85. The highest BCUT2D eigenvalue weighted by molar-refractivity contribution is 4.48. The van der Waals surface area contributed by atoms with Crippen molar-refractivity contribution in [2.24, 2.45) is 0 Å². The van der Waals surface area contributed by atoms with Gasteiger partial charge in [-0.25, -0.2) is 0 Å². The van der Waals surface area contributed by atoms with Crippen molar-refractivity contribution in [2.45, 2.75) is 6.42 Å². The summed E-state index contributed by atoms with van der Waals surface area (Å²) >= 11 is 0. The summed E-state index contributed by atoms with van der Waals surface area (Å²) < 4.78 is 4.89. The Bertz CT molecular complexity index is 51.6. The predicted molar refractivity (Wildman–Crippen MR) is 43.3 cm³/mol. The third-order valence-corrected chi connectivity index (χ3v) is 1.25. The molecular formula is C7H18N2O. The van der Waals surface area contributed by atoms with Gasteiger partial charge in [-0.1, -0.05) is 0 Å². The van der Waals surface area contributed by atoms with Crippen molar-refractivity contribution in [1.82, 2.24) is 10.6 Å². The Labute approximate surface area is 63.1 Å². The van der Waals surface area contributed by atoms with Crippen LogP contribution in [0.2, 0.25) is 0 Å². The molecule has 2 N–H and O–H groups in total. The summed E-state index contributed by atoms with van der Waals surface area (Å²) in [5.74, 6) is 0. The molecule has 0 bridgehead atoms. The van der Waals surface area contributed by atoms with Gasteiger partial charge >= 0.3 is 0 Å². The first kappa shape index (κ1) is 9.88. The van der Waals surface area contributed by atoms with Gasteiger partial charge in [0.1, 0.15) is 0 Å². The smallest absolute Gasteiger partial charge is 0.0474 e. The molecule has 0 aromatic heterocycles. The van der Waals surface area contributed by atoms with Gasteiger partial charge in [-0.15, -0.1) is 0 Å². The fourth-order valence-corrected chi connectivity index (χ4v) is 0.680. The number of ether oxygens (including phenoxy) is 1. The van der Waals surface area contributed by atoms with Crippen LogP contribution >= 0.6 is 0 Å². The molecular weight excluding hydrogens is 128 g/mol. The predicted octanol–water partition coefficient (Wildman–Crippen LogP) is -0.168. The number of hydrogen-bond acceptors (Lipinski definition) is 3. The van der Waals surface area contributed by atoms with Crippen LogP contribution in [0.4, 0.5) is 0 Å². The van der Waals surface area contributed by atoms with E-state index in [9.17, 15) is 0 Å². The van der Waals surface area contributed by atoms with E-state index in [4.69, 9.17) is 4.74 Å². The van der Waals surface area contributed by atoms with Crippen molar-refractivity contribution in [3.63, 3.8) is 0 Å². The van der Waals surface area contributed by atoms with Gasteiger partial charge in [0.15, 0.2) is 0 Å². The summed E-state index contributed by atoms with van der Waals surface area (Å²) in [7, 11) is 3.68. The lowest BCUT2D eigenvalue weighted by atomic mass is 10.4. The Morgan fingerprint density at radius 1 is 1.20 bits per heavy atom. The molecule has 0 amide bonds. The molecule has 0 aliphatic rings. The quantitative estimate of drug-likeness (QED) is 0.489. The molecule has 0 heterocycles. The highest BCUT2D eigenvalue weighted by Crippen LogP contribution is 1.75. The Kier molecular flexibility index (Phi) is 8.77. The maximum Gasteiger partial charge on any atom is 0.0474 e. The maximum atomic E-state index is 4.89. The number of nitrogens with one attached hydrogen (secondary N) is 2. The third kappa shape index (κ3) is 7.88. The van der Waals surface area contributed by atoms with Crippen molar-refractivity contribution in [3.05, 3.63) is 0 Å². The molecule has 10 heavy (non-hydrogen) atoms. The van der Waals surface area contributed by atoms with Crippen molar-refractivity contribution in [1.29, 1.82) is 0 Å². The van der Waals surface area contributed by atoms with Gasteiger partial charge in [0, 0.05) is 26.8 Å². The molecule has 0 fully saturated rings. The Balaban J connectivity index is 2.65. The van der Waals surface area contributed by atoms with E-state index in [1.165, 1.54) is 0 Å². The molecule has 0 saturated carbocycles. The molecule has 0 aliphatic heterocycles. The van der Waals surface area contributed by atoms with E-state index in [-0.39, 0.29) is 0 Å². The van der Waals surface area contributed by atoms with Crippen LogP contribution < -0.4 is 10.6 Å². The fraction of sp³-hybridized carbons (Fsp3) is 1.00. The van der Waals surface area contributed by atoms with Gasteiger partial charge in [-0.3, -0.25) is 0 Å². The minimum Gasteiger partial charge on any atom is -0.385 e. The number of likely N-dealkylation sites (N-methyl/N-ethyl adjacent to an activating group) is 1. The van der Waals surface area contributed by atoms with E-state index in [0.717, 1.165) is 32.7 Å². The van der Waals surface area contributed by atoms with Crippen molar-refractivity contribution >= 4 is 0 Å². The van der Waals surface area contributed by atoms with E-state index < -0.39 is 0 Å². The Morgan fingerprint density at radius 2 is 2.00 bits per heavy atom. The third-order valence-electron chi connectivity index (χ3n) is 1.25. The lowest BCUT2D eigenvalue weighted by Crippen LogP contribution is -2.26. The first-order valence-corrected chi connectivity index (χ1v) is 3.76. The molecule has 0 aromatic carbocycles. The first-order chi connectivity index (χ1) is 4.91. The number of hydrogen-bond donors (Lipinski definition) is 2. The van der Waals surface area contributed by atoms with Crippen LogP contribution in [-0.4, -0.2) is 40.4 Å². The van der Waals surface area contributed by atoms with Gasteiger partial charge in [-0.05, 0) is 20.0 Å². The lowest BCUT2D eigenvalue weighted by Gasteiger charge is -2.02. The van der Waals surface area contributed by atoms with Crippen LogP contribution in [0.5, 0.6) is 0 Å². The number of methoxy groups -OCH3 is 1. The number of rotatable bonds is 7. The second kappa shape index (κ2) is 8.88. The maximum absolute atomic E-state index is 4.89. The lowest BCUT2D eigenvalue weighted by molar-refractivity contribution is 0.194. The van der Waals surface area contributed by atoms with Gasteiger partial charge < -0.3 is 15.4 Å². The largest absolute Gasteiger partial charge is 0.385 e. The van der Waals surface area contributed by atoms with Crippen LogP contribution in [0.3, 0.4) is 0 Å². The standard InChI is InChI=1S/C7H18N2O/c1-8-5-6-9-4-3-7-10-2/h8-9H,3-7H2,1-2H3. The van der Waals surface area contributed by atoms with Crippen LogP contribution in [0, 0.1) is 0 Å². The van der Waals surface area contributed by atoms with E-state index in [1.54, 1.807) is 7.11 Å². The van der Waals surface area contributed by atoms with Crippen LogP contribution in [0.1, 0.15) is 6.42 Å². The first-order valence-electron chi connectivity index (χ1n) is 3.76. The molecule has 0 spiro atoms. The summed E-state index contributed by atoms with van der Waals surface area (Å²) in [4.78, 5) is 0. The van der Waals surface area contributed by atoms with Crippen LogP contribution in [0.25, 0.3) is 0 Å². The zero-order valence-electron chi connectivity index (χ0n) is 6.94. The molecule has 0 rings (SSSR count). The zero-order chi connectivity index (χ0) is 7.66. The molecule has 0 radical (unpaired) electrons. The van der Waals surface area contributed by atoms with Crippen molar-refractivity contribution in [2.75, 3.05) is 40.4 Å². The van der Waals surface area contributed by atoms with Crippen LogP contribution in [-0.2, 0) is 4.74 Å². The molecule has 3 heteroatoms. The second-order valence-electron chi connectivity index (χ2n) is 2.20. The Morgan fingerprint density at radius 3 is 2.60 bits per heavy atom. The van der Waals surface area contributed by atoms with E-state index in [0.29, 0.717) is 0 Å². The van der Waals surface area contributed by atoms with E-state index in [1.807, 2.05) is 7.05 Å². The van der Waals surface area contributed by atoms with Gasteiger partial charge in [0.2, 0.25) is 0 Å². The summed E-state index contributed by atoms with van der Waals surface area (Å²) in [6.45, 7) is 3.98. The van der Waals surface area contributed by atoms with Crippen LogP contribution in [0.15, 0.2) is 0 Å². The molecule has 0 atom stereocenters. The van der Waals surface area contributed by atoms with Gasteiger partial charge in [0.25, 0.3) is 0 Å². The summed E-state index contributed by atoms with van der Waals surface area (Å²) in [6.07, 6.45) is 1.10. The summed E-state index contributed by atoms with van der Waals surface area (Å²) in [6, 6.07) is 0. The van der Waals surface area contributed by atoms with Gasteiger partial charge in [-0.2, -0.15) is 0 Å². The van der Waals surface area contributed by atoms with Crippen molar-refractivity contribution in [3.8, 4) is 0 Å². The second-order valence-corrected chi connectivity index (χ2v) is 2.20. The topological polar surface area (TPSA) is 33.3 Å². The minimum atomic E-state index is 0.854. The molecule has 3 nitrogen and oxygen atoms in total. The molecule has 0 unspecified atom stereocenters. The molecule has 0 saturated heterocycles. The molecule has 0 aliphatic carbocycles. The normalized spacial score (nSPS) is 10.2. The highest BCUT2D eigenvalue weighted by atomic mass is 16.5. The van der Waals surface area contributed by atoms with E-state index >= 15 is 0 Å². The SMILES string of the molecule is CNCCNCCCOC. The minimum absolute atomic E-state index is 0.854. The monoisotopic (exact) mass is 146 g/mol. The summed E-state index contributed by atoms with van der Waals surface area (Å²) in [5.41, 5.74) is 0. The summed E-state index contributed by atoms with van der Waals surface area (Å²) in [5, 5.41) is 6.34. The van der Waals surface area contributed by atoms with Gasteiger partial charge in [0.05, 0.1) is 0 Å². The Hall–Kier alpha value is -0.120. The van der Waals surface area contributed by atoms with Crippen molar-refractivity contribution < 1.29 is 4.74 Å². The molecule has 62 valence electrons. The van der Waals surface area contributed by atoms with E-state index in [2.05, 4.69) is 10.6 Å².